The Balaban J connectivity index is 1.39. The van der Waals surface area contributed by atoms with Crippen molar-refractivity contribution >= 4 is 63.2 Å². The molecule has 11 nitrogen and oxygen atoms in total. The molecule has 1 amide bonds. The predicted octanol–water partition coefficient (Wildman–Crippen LogP) is 6.74. The molecule has 0 spiro atoms. The van der Waals surface area contributed by atoms with E-state index in [1.165, 1.54) is 43.8 Å². The number of halogens is 4. The van der Waals surface area contributed by atoms with Crippen LogP contribution in [0.15, 0.2) is 84.3 Å². The van der Waals surface area contributed by atoms with Gasteiger partial charge < -0.3 is 36.7 Å². The van der Waals surface area contributed by atoms with Gasteiger partial charge in [0, 0.05) is 77.4 Å². The number of hydrogen-bond acceptors (Lipinski definition) is 10. The zero-order valence-electron chi connectivity index (χ0n) is 27.8. The molecular weight excluding hydrogens is 683 g/mol. The van der Waals surface area contributed by atoms with Crippen LogP contribution in [0.3, 0.4) is 0 Å². The van der Waals surface area contributed by atoms with Gasteiger partial charge in [-0.1, -0.05) is 18.2 Å². The maximum absolute atomic E-state index is 14.1. The Bertz CT molecular complexity index is 1990. The number of nitrogens with one attached hydrogen (secondary N) is 2. The van der Waals surface area contributed by atoms with Crippen molar-refractivity contribution < 1.29 is 22.7 Å². The number of alkyl halides is 3. The number of anilines is 3. The molecule has 1 aromatic heterocycles. The highest BCUT2D eigenvalue weighted by Gasteiger charge is 2.38. The van der Waals surface area contributed by atoms with Gasteiger partial charge in [-0.2, -0.15) is 13.2 Å². The first-order valence-electron chi connectivity index (χ1n) is 16.0. The minimum absolute atomic E-state index is 0.0217. The molecule has 266 valence electrons. The topological polar surface area (TPSA) is 159 Å². The van der Waals surface area contributed by atoms with Crippen molar-refractivity contribution in [2.45, 2.75) is 19.0 Å². The minimum Gasteiger partial charge on any atom is -0.497 e. The van der Waals surface area contributed by atoms with Crippen LogP contribution in [0.1, 0.15) is 18.4 Å². The normalized spacial score (nSPS) is 14.1. The smallest absolute Gasteiger partial charge is 0.433 e. The number of nitrogens with zero attached hydrogens (tertiary/aromatic N) is 5. The first kappa shape index (κ1) is 36.6. The lowest BCUT2D eigenvalue weighted by molar-refractivity contribution is -0.126. The standard InChI is InChI=1S/C36H37ClF3N9O2/c1-3-32(50)48-13-15-49(16-14-48)35-26-17-28(37)25(18-31(26)45-21-46-35)33-27(20-42)29(43)10-11-30(33)44-12-4-5-22(19-41)34(36(38,39)40)47-23-6-8-24(51-2)9-7-23/h3,6-11,17-21,42,44H,1,4-5,12-16,41,43H2,2H3. The second-order valence-corrected chi connectivity index (χ2v) is 12.0. The molecule has 0 radical (unpaired) electrons. The van der Waals surface area contributed by atoms with Gasteiger partial charge in [0.05, 0.1) is 18.3 Å². The van der Waals surface area contributed by atoms with E-state index in [1.54, 1.807) is 29.2 Å². The van der Waals surface area contributed by atoms with E-state index in [-0.39, 0.29) is 36.6 Å². The summed E-state index contributed by atoms with van der Waals surface area (Å²) >= 11 is 6.94. The molecule has 1 saturated heterocycles. The first-order chi connectivity index (χ1) is 24.5. The molecule has 0 bridgehead atoms. The van der Waals surface area contributed by atoms with Gasteiger partial charge in [-0.3, -0.25) is 4.79 Å². The van der Waals surface area contributed by atoms with Gasteiger partial charge in [-0.25, -0.2) is 15.0 Å². The average molecular weight is 720 g/mol. The average Bonchev–Trinajstić information content (AvgIpc) is 3.13. The van der Waals surface area contributed by atoms with E-state index in [9.17, 15) is 18.0 Å². The summed E-state index contributed by atoms with van der Waals surface area (Å²) in [6, 6.07) is 12.9. The van der Waals surface area contributed by atoms with Crippen molar-refractivity contribution in [1.29, 1.82) is 5.41 Å². The van der Waals surface area contributed by atoms with Crippen LogP contribution >= 0.6 is 11.6 Å². The second kappa shape index (κ2) is 15.9. The highest BCUT2D eigenvalue weighted by Crippen LogP contribution is 2.41. The summed E-state index contributed by atoms with van der Waals surface area (Å²) in [6.07, 6.45) is 0.330. The number of aromatic nitrogens is 2. The number of methoxy groups -OCH3 is 1. The molecule has 1 aliphatic rings. The van der Waals surface area contributed by atoms with Crippen LogP contribution in [-0.4, -0.2) is 78.7 Å². The fraction of sp³-hybridized carbons (Fsp3) is 0.250. The molecular formula is C36H37ClF3N9O2. The SMILES string of the molecule is C=CC(=O)N1CCN(c2ncnc3cc(-c4c(NCCCC(=CN)C(=Nc5ccc(OC)cc5)C(F)(F)F)ccc(N)c4C=N)c(Cl)cc23)CC1. The molecule has 0 saturated carbocycles. The maximum atomic E-state index is 14.1. The van der Waals surface area contributed by atoms with E-state index in [0.29, 0.717) is 81.7 Å². The van der Waals surface area contributed by atoms with Crippen LogP contribution < -0.4 is 26.4 Å². The number of carbonyl (C=O) groups excluding carboxylic acids is 1. The zero-order valence-corrected chi connectivity index (χ0v) is 28.6. The summed E-state index contributed by atoms with van der Waals surface area (Å²) in [5, 5.41) is 12.5. The molecule has 0 atom stereocenters. The lowest BCUT2D eigenvalue weighted by atomic mass is 9.95. The number of benzene rings is 3. The number of allylic oxidation sites excluding steroid dienone is 1. The van der Waals surface area contributed by atoms with Crippen LogP contribution in [-0.2, 0) is 4.79 Å². The van der Waals surface area contributed by atoms with Gasteiger partial charge in [0.1, 0.15) is 23.6 Å². The molecule has 0 aliphatic carbocycles. The van der Waals surface area contributed by atoms with Gasteiger partial charge in [-0.05, 0) is 79.2 Å². The molecule has 1 fully saturated rings. The highest BCUT2D eigenvalue weighted by atomic mass is 35.5. The van der Waals surface area contributed by atoms with Crippen LogP contribution in [0.2, 0.25) is 5.02 Å². The van der Waals surface area contributed by atoms with E-state index in [2.05, 4.69) is 31.8 Å². The van der Waals surface area contributed by atoms with Gasteiger partial charge in [-0.15, -0.1) is 0 Å². The van der Waals surface area contributed by atoms with Crippen molar-refractivity contribution in [3.63, 3.8) is 0 Å². The molecule has 2 heterocycles. The summed E-state index contributed by atoms with van der Waals surface area (Å²) in [4.78, 5) is 28.8. The van der Waals surface area contributed by atoms with Crippen LogP contribution in [0, 0.1) is 5.41 Å². The summed E-state index contributed by atoms with van der Waals surface area (Å²) in [7, 11) is 1.46. The summed E-state index contributed by atoms with van der Waals surface area (Å²) in [5.74, 6) is 1.05. The highest BCUT2D eigenvalue weighted by molar-refractivity contribution is 6.35. The van der Waals surface area contributed by atoms with Gasteiger partial charge in [0.25, 0.3) is 0 Å². The van der Waals surface area contributed by atoms with Gasteiger partial charge >= 0.3 is 6.18 Å². The molecule has 5 rings (SSSR count). The Morgan fingerprint density at radius 3 is 2.49 bits per heavy atom. The number of ether oxygens (including phenoxy) is 1. The van der Waals surface area contributed by atoms with Crippen molar-refractivity contribution in [1.82, 2.24) is 14.9 Å². The van der Waals surface area contributed by atoms with Crippen molar-refractivity contribution in [3.8, 4) is 16.9 Å². The molecule has 3 aromatic carbocycles. The van der Waals surface area contributed by atoms with E-state index >= 15 is 0 Å². The third kappa shape index (κ3) is 8.23. The Labute approximate surface area is 298 Å². The predicted molar refractivity (Wildman–Crippen MR) is 197 cm³/mol. The molecule has 15 heteroatoms. The van der Waals surface area contributed by atoms with E-state index in [4.69, 9.17) is 33.2 Å². The quantitative estimate of drug-likeness (QED) is 0.0542. The van der Waals surface area contributed by atoms with Crippen molar-refractivity contribution in [3.05, 3.63) is 89.9 Å². The number of amides is 1. The Kier molecular flexibility index (Phi) is 11.4. The first-order valence-corrected chi connectivity index (χ1v) is 16.4. The van der Waals surface area contributed by atoms with E-state index in [0.717, 1.165) is 12.4 Å². The number of carbonyl (C=O) groups is 1. The number of aliphatic imine (C=N–C) groups is 1. The van der Waals surface area contributed by atoms with Crippen LogP contribution in [0.4, 0.5) is 36.1 Å². The van der Waals surface area contributed by atoms with Gasteiger partial charge in [0.2, 0.25) is 5.91 Å². The summed E-state index contributed by atoms with van der Waals surface area (Å²) in [6.45, 7) is 5.96. The van der Waals surface area contributed by atoms with Crippen molar-refractivity contribution in [2.24, 2.45) is 10.7 Å². The van der Waals surface area contributed by atoms with Crippen LogP contribution in [0.5, 0.6) is 5.75 Å². The van der Waals surface area contributed by atoms with E-state index < -0.39 is 11.9 Å². The van der Waals surface area contributed by atoms with Gasteiger partial charge in [0.15, 0.2) is 0 Å². The number of hydrogen-bond donors (Lipinski definition) is 4. The number of nitrogen functional groups attached to an aromatic ring is 1. The number of piperazine rings is 1. The monoisotopic (exact) mass is 719 g/mol. The number of nitrogens with two attached hydrogens (primary N) is 2. The molecule has 0 unspecified atom stereocenters. The molecule has 6 N–H and O–H groups in total. The molecule has 1 aliphatic heterocycles. The third-order valence-electron chi connectivity index (χ3n) is 8.49. The Morgan fingerprint density at radius 2 is 1.86 bits per heavy atom. The van der Waals surface area contributed by atoms with Crippen LogP contribution in [0.25, 0.3) is 22.0 Å². The maximum Gasteiger partial charge on any atom is 0.433 e. The second-order valence-electron chi connectivity index (χ2n) is 11.6. The number of fused-ring (bicyclic) bond motifs is 1. The third-order valence-corrected chi connectivity index (χ3v) is 8.80. The molecule has 4 aromatic rings. The Hall–Kier alpha value is -5.63. The summed E-state index contributed by atoms with van der Waals surface area (Å²) in [5.41, 5.74) is 13.9. The fourth-order valence-corrected chi connectivity index (χ4v) is 6.15. The lowest BCUT2D eigenvalue weighted by Crippen LogP contribution is -2.48. The largest absolute Gasteiger partial charge is 0.497 e. The fourth-order valence-electron chi connectivity index (χ4n) is 5.89. The summed E-state index contributed by atoms with van der Waals surface area (Å²) < 4.78 is 47.4. The lowest BCUT2D eigenvalue weighted by Gasteiger charge is -2.35. The molecule has 51 heavy (non-hydrogen) atoms. The van der Waals surface area contributed by atoms with E-state index in [1.807, 2.05) is 0 Å². The minimum atomic E-state index is -4.74. The number of rotatable bonds is 12. The zero-order chi connectivity index (χ0) is 36.7. The van der Waals surface area contributed by atoms with Crippen molar-refractivity contribution in [2.75, 3.05) is 55.8 Å². The Morgan fingerprint density at radius 1 is 1.14 bits per heavy atom.